The molecular weight excluding hydrogens is 419 g/mol. The van der Waals surface area contributed by atoms with Crippen molar-refractivity contribution in [3.63, 3.8) is 0 Å². The first-order valence-corrected chi connectivity index (χ1v) is 9.55. The summed E-state index contributed by atoms with van der Waals surface area (Å²) >= 11 is 18.2. The van der Waals surface area contributed by atoms with Crippen molar-refractivity contribution in [3.8, 4) is 17.1 Å². The molecule has 0 saturated heterocycles. The number of fused-ring (bicyclic) bond motifs is 1. The molecular formula is C22H13Cl3O3. The summed E-state index contributed by atoms with van der Waals surface area (Å²) in [4.78, 5) is 13.1. The van der Waals surface area contributed by atoms with Crippen LogP contribution >= 0.6 is 34.8 Å². The van der Waals surface area contributed by atoms with Gasteiger partial charge in [0.2, 0.25) is 11.2 Å². The Hall–Kier alpha value is -2.46. The summed E-state index contributed by atoms with van der Waals surface area (Å²) in [5, 5.41) is 1.78. The minimum Gasteiger partial charge on any atom is -0.481 e. The molecule has 0 atom stereocenters. The summed E-state index contributed by atoms with van der Waals surface area (Å²) in [6.45, 7) is 0.0899. The molecule has 0 fully saturated rings. The highest BCUT2D eigenvalue weighted by molar-refractivity contribution is 6.35. The first kappa shape index (κ1) is 18.9. The largest absolute Gasteiger partial charge is 0.481 e. The SMILES string of the molecule is O=c1c(OCc2ccc(Cl)cc2Cl)c(-c2ccccc2)oc2ccc(Cl)cc12. The highest BCUT2D eigenvalue weighted by Gasteiger charge is 2.18. The number of hydrogen-bond acceptors (Lipinski definition) is 3. The molecule has 28 heavy (non-hydrogen) atoms. The molecule has 1 aromatic heterocycles. The van der Waals surface area contributed by atoms with Gasteiger partial charge in [0.05, 0.1) is 5.39 Å². The molecule has 0 saturated carbocycles. The van der Waals surface area contributed by atoms with E-state index in [2.05, 4.69) is 0 Å². The molecule has 140 valence electrons. The van der Waals surface area contributed by atoms with Gasteiger partial charge in [0.25, 0.3) is 0 Å². The Balaban J connectivity index is 1.84. The van der Waals surface area contributed by atoms with Gasteiger partial charge in [0, 0.05) is 26.2 Å². The van der Waals surface area contributed by atoms with E-state index in [4.69, 9.17) is 44.0 Å². The molecule has 0 N–H and O–H groups in total. The monoisotopic (exact) mass is 430 g/mol. The van der Waals surface area contributed by atoms with Crippen molar-refractivity contribution < 1.29 is 9.15 Å². The summed E-state index contributed by atoms with van der Waals surface area (Å²) in [5.41, 5.74) is 1.57. The molecule has 1 heterocycles. The van der Waals surface area contributed by atoms with Gasteiger partial charge in [-0.2, -0.15) is 0 Å². The molecule has 0 radical (unpaired) electrons. The average molecular weight is 432 g/mol. The quantitative estimate of drug-likeness (QED) is 0.349. The maximum Gasteiger partial charge on any atom is 0.235 e. The van der Waals surface area contributed by atoms with Crippen LogP contribution in [0.3, 0.4) is 0 Å². The van der Waals surface area contributed by atoms with Crippen molar-refractivity contribution in [2.45, 2.75) is 6.61 Å². The minimum atomic E-state index is -0.298. The molecule has 0 aliphatic carbocycles. The van der Waals surface area contributed by atoms with Crippen molar-refractivity contribution in [1.82, 2.24) is 0 Å². The first-order chi connectivity index (χ1) is 13.5. The van der Waals surface area contributed by atoms with E-state index >= 15 is 0 Å². The van der Waals surface area contributed by atoms with Crippen LogP contribution in [-0.2, 0) is 6.61 Å². The number of halogens is 3. The van der Waals surface area contributed by atoms with Gasteiger partial charge in [-0.05, 0) is 30.3 Å². The summed E-state index contributed by atoms with van der Waals surface area (Å²) < 4.78 is 11.9. The van der Waals surface area contributed by atoms with Crippen LogP contribution in [-0.4, -0.2) is 0 Å². The van der Waals surface area contributed by atoms with Crippen molar-refractivity contribution in [2.75, 3.05) is 0 Å². The average Bonchev–Trinajstić information content (AvgIpc) is 2.69. The molecule has 0 spiro atoms. The van der Waals surface area contributed by atoms with Gasteiger partial charge in [-0.1, -0.05) is 71.2 Å². The Morgan fingerprint density at radius 1 is 0.857 bits per heavy atom. The Morgan fingerprint density at radius 3 is 2.32 bits per heavy atom. The Kier molecular flexibility index (Phi) is 5.31. The van der Waals surface area contributed by atoms with Crippen LogP contribution < -0.4 is 10.2 Å². The summed E-state index contributed by atoms with van der Waals surface area (Å²) in [6, 6.07) is 19.3. The van der Waals surface area contributed by atoms with Crippen molar-refractivity contribution in [2.24, 2.45) is 0 Å². The molecule has 4 rings (SSSR count). The van der Waals surface area contributed by atoms with Crippen LogP contribution in [0.15, 0.2) is 75.9 Å². The molecule has 4 aromatic rings. The van der Waals surface area contributed by atoms with Gasteiger partial charge in [-0.15, -0.1) is 0 Å². The number of hydrogen-bond donors (Lipinski definition) is 0. The topological polar surface area (TPSA) is 39.4 Å². The van der Waals surface area contributed by atoms with Gasteiger partial charge >= 0.3 is 0 Å². The van der Waals surface area contributed by atoms with Gasteiger partial charge in [-0.25, -0.2) is 0 Å². The predicted octanol–water partition coefficient (Wildman–Crippen LogP) is 7.00. The van der Waals surface area contributed by atoms with E-state index < -0.39 is 0 Å². The van der Waals surface area contributed by atoms with E-state index in [-0.39, 0.29) is 17.8 Å². The van der Waals surface area contributed by atoms with Crippen molar-refractivity contribution >= 4 is 45.8 Å². The highest BCUT2D eigenvalue weighted by atomic mass is 35.5. The van der Waals surface area contributed by atoms with Gasteiger partial charge in [-0.3, -0.25) is 4.79 Å². The first-order valence-electron chi connectivity index (χ1n) is 8.41. The maximum atomic E-state index is 13.1. The molecule has 0 bridgehead atoms. The highest BCUT2D eigenvalue weighted by Crippen LogP contribution is 2.32. The van der Waals surface area contributed by atoms with E-state index in [1.165, 1.54) is 0 Å². The van der Waals surface area contributed by atoms with Crippen LogP contribution in [0, 0.1) is 0 Å². The molecule has 3 aromatic carbocycles. The number of rotatable bonds is 4. The molecule has 0 aliphatic heterocycles. The molecule has 6 heteroatoms. The maximum absolute atomic E-state index is 13.1. The Labute approximate surface area is 176 Å². The lowest BCUT2D eigenvalue weighted by Gasteiger charge is -2.12. The standard InChI is InChI=1S/C22H13Cl3O3/c23-15-8-9-19-17(10-15)20(26)22(21(28-19)13-4-2-1-3-5-13)27-12-14-6-7-16(24)11-18(14)25/h1-11H,12H2. The summed E-state index contributed by atoms with van der Waals surface area (Å²) in [6.07, 6.45) is 0. The lowest BCUT2D eigenvalue weighted by atomic mass is 10.1. The fraction of sp³-hybridized carbons (Fsp3) is 0.0455. The second-order valence-electron chi connectivity index (χ2n) is 6.12. The van der Waals surface area contributed by atoms with Crippen LogP contribution in [0.5, 0.6) is 5.75 Å². The van der Waals surface area contributed by atoms with E-state index in [1.54, 1.807) is 36.4 Å². The van der Waals surface area contributed by atoms with Crippen LogP contribution in [0.2, 0.25) is 15.1 Å². The fourth-order valence-electron chi connectivity index (χ4n) is 2.85. The van der Waals surface area contributed by atoms with E-state index in [9.17, 15) is 4.79 Å². The minimum absolute atomic E-state index is 0.0899. The lowest BCUT2D eigenvalue weighted by molar-refractivity contribution is 0.298. The summed E-state index contributed by atoms with van der Waals surface area (Å²) in [7, 11) is 0. The van der Waals surface area contributed by atoms with Crippen molar-refractivity contribution in [1.29, 1.82) is 0 Å². The number of ether oxygens (including phenoxy) is 1. The zero-order valence-electron chi connectivity index (χ0n) is 14.4. The number of benzene rings is 3. The van der Waals surface area contributed by atoms with Crippen LogP contribution in [0.25, 0.3) is 22.3 Å². The third-order valence-corrected chi connectivity index (χ3v) is 5.06. The normalized spacial score (nSPS) is 11.0. The predicted molar refractivity (Wildman–Crippen MR) is 114 cm³/mol. The molecule has 3 nitrogen and oxygen atoms in total. The van der Waals surface area contributed by atoms with E-state index in [1.807, 2.05) is 30.3 Å². The van der Waals surface area contributed by atoms with Crippen LogP contribution in [0.4, 0.5) is 0 Å². The van der Waals surface area contributed by atoms with Gasteiger partial charge in [0.1, 0.15) is 12.2 Å². The fourth-order valence-corrected chi connectivity index (χ4v) is 3.48. The van der Waals surface area contributed by atoms with Gasteiger partial charge < -0.3 is 9.15 Å². The van der Waals surface area contributed by atoms with Crippen LogP contribution in [0.1, 0.15) is 5.56 Å². The zero-order valence-corrected chi connectivity index (χ0v) is 16.7. The molecule has 0 aliphatic rings. The zero-order chi connectivity index (χ0) is 19.7. The lowest BCUT2D eigenvalue weighted by Crippen LogP contribution is -2.10. The van der Waals surface area contributed by atoms with Gasteiger partial charge in [0.15, 0.2) is 5.76 Å². The Bertz CT molecular complexity index is 1220. The molecule has 0 unspecified atom stereocenters. The smallest absolute Gasteiger partial charge is 0.235 e. The second kappa shape index (κ2) is 7.88. The second-order valence-corrected chi connectivity index (χ2v) is 7.40. The summed E-state index contributed by atoms with van der Waals surface area (Å²) in [5.74, 6) is 0.456. The molecule has 0 amide bonds. The Morgan fingerprint density at radius 2 is 1.57 bits per heavy atom. The van der Waals surface area contributed by atoms with E-state index in [0.29, 0.717) is 37.4 Å². The third kappa shape index (κ3) is 3.74. The van der Waals surface area contributed by atoms with E-state index in [0.717, 1.165) is 5.56 Å². The van der Waals surface area contributed by atoms with Crippen molar-refractivity contribution in [3.05, 3.63) is 97.6 Å². The third-order valence-electron chi connectivity index (χ3n) is 4.23.